The second-order valence-electron chi connectivity index (χ2n) is 1.43. The number of rotatable bonds is 0. The Kier molecular flexibility index (Phi) is 0.689. The molecule has 0 aliphatic carbocycles. The maximum Gasteiger partial charge on any atom is 0.271 e. The van der Waals surface area contributed by atoms with Crippen molar-refractivity contribution in [1.82, 2.24) is 0 Å². The molecule has 0 fully saturated rings. The highest BCUT2D eigenvalue weighted by Gasteiger charge is 2.18. The maximum absolute atomic E-state index is 8.74. The number of hydrogen-bond acceptors (Lipinski definition) is 4. The van der Waals surface area contributed by atoms with Gasteiger partial charge in [-0.1, -0.05) is 0 Å². The van der Waals surface area contributed by atoms with Gasteiger partial charge in [-0.25, -0.2) is 4.99 Å². The van der Waals surface area contributed by atoms with Crippen LogP contribution in [0.4, 0.5) is 0 Å². The standard InChI is InChI=1S/C3H5N3O/c1-3(7)4-2-5-6-3/h2,7H,1H3. The molecule has 0 bridgehead atoms. The van der Waals surface area contributed by atoms with Crippen LogP contribution in [0, 0.1) is 0 Å². The van der Waals surface area contributed by atoms with Crippen molar-refractivity contribution in [1.29, 1.82) is 0 Å². The van der Waals surface area contributed by atoms with Gasteiger partial charge >= 0.3 is 0 Å². The van der Waals surface area contributed by atoms with E-state index in [1.165, 1.54) is 13.3 Å². The fourth-order valence-corrected chi connectivity index (χ4v) is 0.296. The molecule has 38 valence electrons. The number of nitrogens with zero attached hydrogens (tertiary/aromatic N) is 3. The van der Waals surface area contributed by atoms with E-state index in [9.17, 15) is 0 Å². The van der Waals surface area contributed by atoms with Crippen molar-refractivity contribution in [2.75, 3.05) is 0 Å². The van der Waals surface area contributed by atoms with E-state index in [-0.39, 0.29) is 0 Å². The van der Waals surface area contributed by atoms with Crippen LogP contribution in [0.15, 0.2) is 15.2 Å². The molecular weight excluding hydrogens is 94.1 g/mol. The summed E-state index contributed by atoms with van der Waals surface area (Å²) in [5.41, 5.74) is 0. The highest BCUT2D eigenvalue weighted by Crippen LogP contribution is 2.10. The third-order valence-corrected chi connectivity index (χ3v) is 0.601. The Morgan fingerprint density at radius 3 is 2.57 bits per heavy atom. The van der Waals surface area contributed by atoms with Gasteiger partial charge in [0.25, 0.3) is 5.85 Å². The van der Waals surface area contributed by atoms with Crippen LogP contribution in [0.3, 0.4) is 0 Å². The number of aliphatic imine (C=N–C) groups is 1. The molecule has 1 aliphatic heterocycles. The third-order valence-electron chi connectivity index (χ3n) is 0.601. The SMILES string of the molecule is CC1(O)N=CN=N1. The molecule has 1 aliphatic rings. The topological polar surface area (TPSA) is 57.3 Å². The minimum atomic E-state index is -1.28. The Morgan fingerprint density at radius 2 is 2.43 bits per heavy atom. The van der Waals surface area contributed by atoms with E-state index < -0.39 is 5.85 Å². The first-order valence-corrected chi connectivity index (χ1v) is 1.89. The third kappa shape index (κ3) is 0.806. The van der Waals surface area contributed by atoms with Crippen molar-refractivity contribution in [3.8, 4) is 0 Å². The summed E-state index contributed by atoms with van der Waals surface area (Å²) in [6.45, 7) is 1.46. The van der Waals surface area contributed by atoms with Crippen LogP contribution in [0.5, 0.6) is 0 Å². The minimum Gasteiger partial charge on any atom is -0.350 e. The Labute approximate surface area is 40.6 Å². The molecule has 1 heterocycles. The molecule has 4 heteroatoms. The summed E-state index contributed by atoms with van der Waals surface area (Å²) in [7, 11) is 0. The molecule has 0 amide bonds. The minimum absolute atomic E-state index is 1.22. The second kappa shape index (κ2) is 1.10. The molecular formula is C3H5N3O. The van der Waals surface area contributed by atoms with E-state index in [0.717, 1.165) is 0 Å². The Morgan fingerprint density at radius 1 is 1.71 bits per heavy atom. The van der Waals surface area contributed by atoms with Crippen molar-refractivity contribution in [2.24, 2.45) is 15.2 Å². The fourth-order valence-electron chi connectivity index (χ4n) is 0.296. The first-order valence-electron chi connectivity index (χ1n) is 1.89. The lowest BCUT2D eigenvalue weighted by Crippen LogP contribution is -2.12. The molecule has 1 atom stereocenters. The largest absolute Gasteiger partial charge is 0.350 e. The number of azo groups is 1. The van der Waals surface area contributed by atoms with Crippen LogP contribution in [-0.2, 0) is 0 Å². The van der Waals surface area contributed by atoms with E-state index in [4.69, 9.17) is 5.11 Å². The van der Waals surface area contributed by atoms with Crippen LogP contribution in [0.1, 0.15) is 6.92 Å². The van der Waals surface area contributed by atoms with Crippen LogP contribution >= 0.6 is 0 Å². The smallest absolute Gasteiger partial charge is 0.271 e. The normalized spacial score (nSPS) is 37.4. The lowest BCUT2D eigenvalue weighted by atomic mass is 10.5. The van der Waals surface area contributed by atoms with E-state index in [1.54, 1.807) is 0 Å². The number of aliphatic hydroxyl groups is 1. The van der Waals surface area contributed by atoms with Gasteiger partial charge < -0.3 is 5.11 Å². The van der Waals surface area contributed by atoms with Crippen LogP contribution in [-0.4, -0.2) is 17.3 Å². The zero-order chi connectivity index (χ0) is 5.33. The highest BCUT2D eigenvalue weighted by molar-refractivity contribution is 5.56. The first kappa shape index (κ1) is 4.39. The number of hydrogen-bond donors (Lipinski definition) is 1. The molecule has 0 aromatic carbocycles. The summed E-state index contributed by atoms with van der Waals surface area (Å²) < 4.78 is 0. The molecule has 0 radical (unpaired) electrons. The zero-order valence-electron chi connectivity index (χ0n) is 3.87. The Balaban J connectivity index is 2.77. The van der Waals surface area contributed by atoms with Crippen LogP contribution < -0.4 is 0 Å². The van der Waals surface area contributed by atoms with Gasteiger partial charge in [0, 0.05) is 6.92 Å². The molecule has 4 nitrogen and oxygen atoms in total. The van der Waals surface area contributed by atoms with Gasteiger partial charge in [0.05, 0.1) is 0 Å². The van der Waals surface area contributed by atoms with E-state index in [1.807, 2.05) is 0 Å². The van der Waals surface area contributed by atoms with Crippen molar-refractivity contribution >= 4 is 6.34 Å². The molecule has 0 aromatic heterocycles. The molecule has 1 unspecified atom stereocenters. The quantitative estimate of drug-likeness (QED) is 0.461. The molecule has 1 rings (SSSR count). The van der Waals surface area contributed by atoms with Gasteiger partial charge in [-0.05, 0) is 0 Å². The first-order chi connectivity index (χ1) is 3.21. The molecule has 0 spiro atoms. The van der Waals surface area contributed by atoms with Crippen molar-refractivity contribution in [2.45, 2.75) is 12.8 Å². The summed E-state index contributed by atoms with van der Waals surface area (Å²) in [5, 5.41) is 15.4. The van der Waals surface area contributed by atoms with Crippen molar-refractivity contribution in [3.63, 3.8) is 0 Å². The summed E-state index contributed by atoms with van der Waals surface area (Å²) in [6.07, 6.45) is 1.22. The molecule has 1 N–H and O–H groups in total. The van der Waals surface area contributed by atoms with Gasteiger partial charge in [0.15, 0.2) is 0 Å². The van der Waals surface area contributed by atoms with Gasteiger partial charge in [-0.2, -0.15) is 0 Å². The lowest BCUT2D eigenvalue weighted by molar-refractivity contribution is 0.0794. The molecule has 0 aromatic rings. The average Bonchev–Trinajstić information content (AvgIpc) is 1.84. The highest BCUT2D eigenvalue weighted by atomic mass is 16.3. The van der Waals surface area contributed by atoms with Crippen molar-refractivity contribution < 1.29 is 5.11 Å². The fraction of sp³-hybridized carbons (Fsp3) is 0.667. The Hall–Kier alpha value is -0.770. The van der Waals surface area contributed by atoms with Crippen molar-refractivity contribution in [3.05, 3.63) is 0 Å². The van der Waals surface area contributed by atoms with E-state index in [2.05, 4.69) is 15.2 Å². The van der Waals surface area contributed by atoms with Gasteiger partial charge in [-0.15, -0.1) is 10.2 Å². The summed E-state index contributed by atoms with van der Waals surface area (Å²) >= 11 is 0. The predicted molar refractivity (Wildman–Crippen MR) is 24.0 cm³/mol. The Bertz CT molecular complexity index is 112. The summed E-state index contributed by atoms with van der Waals surface area (Å²) in [6, 6.07) is 0. The van der Waals surface area contributed by atoms with Gasteiger partial charge in [0.1, 0.15) is 6.34 Å². The van der Waals surface area contributed by atoms with Crippen LogP contribution in [0.2, 0.25) is 0 Å². The summed E-state index contributed by atoms with van der Waals surface area (Å²) in [4.78, 5) is 3.47. The summed E-state index contributed by atoms with van der Waals surface area (Å²) in [5.74, 6) is -1.28. The van der Waals surface area contributed by atoms with E-state index in [0.29, 0.717) is 0 Å². The monoisotopic (exact) mass is 99.0 g/mol. The van der Waals surface area contributed by atoms with Gasteiger partial charge in [0.2, 0.25) is 0 Å². The maximum atomic E-state index is 8.74. The zero-order valence-corrected chi connectivity index (χ0v) is 3.87. The molecule has 0 saturated carbocycles. The molecule has 7 heavy (non-hydrogen) atoms. The average molecular weight is 99.1 g/mol. The molecule has 0 saturated heterocycles. The van der Waals surface area contributed by atoms with Gasteiger partial charge in [-0.3, -0.25) is 0 Å². The lowest BCUT2D eigenvalue weighted by Gasteiger charge is -2.01. The van der Waals surface area contributed by atoms with E-state index >= 15 is 0 Å². The van der Waals surface area contributed by atoms with Crippen LogP contribution in [0.25, 0.3) is 0 Å². The predicted octanol–water partition coefficient (Wildman–Crippen LogP) is 0.147. The second-order valence-corrected chi connectivity index (χ2v) is 1.43.